The normalized spacial score (nSPS) is 11.2. The average molecular weight is 291 g/mol. The molecule has 2 heterocycles. The Balaban J connectivity index is 1.86. The molecule has 4 aromatic rings. The van der Waals surface area contributed by atoms with Gasteiger partial charge >= 0.3 is 0 Å². The summed E-state index contributed by atoms with van der Waals surface area (Å²) >= 11 is 0. The first-order valence-corrected chi connectivity index (χ1v) is 7.09. The van der Waals surface area contributed by atoms with Gasteiger partial charge in [-0.25, -0.2) is 4.39 Å². The van der Waals surface area contributed by atoms with Gasteiger partial charge in [0.2, 0.25) is 0 Å². The fourth-order valence-electron chi connectivity index (χ4n) is 2.82. The summed E-state index contributed by atoms with van der Waals surface area (Å²) in [6.07, 6.45) is 2.05. The minimum atomic E-state index is -0.254. The van der Waals surface area contributed by atoms with Gasteiger partial charge in [0.15, 0.2) is 0 Å². The zero-order chi connectivity index (χ0) is 15.1. The van der Waals surface area contributed by atoms with Gasteiger partial charge in [0.05, 0.1) is 11.4 Å². The maximum Gasteiger partial charge on any atom is 0.132 e. The highest BCUT2D eigenvalue weighted by atomic mass is 19.1. The van der Waals surface area contributed by atoms with Crippen molar-refractivity contribution >= 4 is 10.9 Å². The van der Waals surface area contributed by atoms with Crippen LogP contribution in [-0.2, 0) is 7.05 Å². The number of nitrogens with one attached hydrogen (secondary N) is 1. The fraction of sp³-hybridized carbons (Fsp3) is 0.0556. The molecule has 0 atom stereocenters. The number of H-pyrrole nitrogens is 1. The molecule has 4 heteroatoms. The Kier molecular flexibility index (Phi) is 2.82. The topological polar surface area (TPSA) is 33.6 Å². The molecule has 0 amide bonds. The summed E-state index contributed by atoms with van der Waals surface area (Å²) in [5, 5.41) is 8.43. The lowest BCUT2D eigenvalue weighted by molar-refractivity contribution is 0.630. The van der Waals surface area contributed by atoms with E-state index in [2.05, 4.69) is 26.9 Å². The largest absolute Gasteiger partial charge is 0.350 e. The lowest BCUT2D eigenvalue weighted by atomic mass is 10.1. The van der Waals surface area contributed by atoms with Gasteiger partial charge in [-0.1, -0.05) is 30.3 Å². The van der Waals surface area contributed by atoms with Crippen LogP contribution >= 0.6 is 0 Å². The van der Waals surface area contributed by atoms with Crippen molar-refractivity contribution in [2.75, 3.05) is 0 Å². The zero-order valence-corrected chi connectivity index (χ0v) is 12.0. The highest BCUT2D eigenvalue weighted by Gasteiger charge is 2.13. The quantitative estimate of drug-likeness (QED) is 0.584. The average Bonchev–Trinajstić information content (AvgIpc) is 3.13. The smallest absolute Gasteiger partial charge is 0.132 e. The van der Waals surface area contributed by atoms with Gasteiger partial charge in [-0.2, -0.15) is 5.10 Å². The van der Waals surface area contributed by atoms with Crippen LogP contribution in [-0.4, -0.2) is 14.8 Å². The molecule has 3 nitrogen and oxygen atoms in total. The number of fused-ring (bicyclic) bond motifs is 1. The molecule has 0 radical (unpaired) electrons. The zero-order valence-electron chi connectivity index (χ0n) is 12.0. The van der Waals surface area contributed by atoms with Gasteiger partial charge in [-0.05, 0) is 24.3 Å². The Labute approximate surface area is 127 Å². The van der Waals surface area contributed by atoms with E-state index >= 15 is 0 Å². The minimum absolute atomic E-state index is 0.254. The van der Waals surface area contributed by atoms with E-state index in [0.717, 1.165) is 22.2 Å². The van der Waals surface area contributed by atoms with Gasteiger partial charge < -0.3 is 4.57 Å². The second kappa shape index (κ2) is 4.84. The van der Waals surface area contributed by atoms with E-state index in [1.54, 1.807) is 12.1 Å². The van der Waals surface area contributed by atoms with Crippen LogP contribution in [0.5, 0.6) is 0 Å². The van der Waals surface area contributed by atoms with E-state index in [-0.39, 0.29) is 5.82 Å². The Morgan fingerprint density at radius 1 is 1.00 bits per heavy atom. The van der Waals surface area contributed by atoms with Crippen LogP contribution in [0.15, 0.2) is 60.8 Å². The molecule has 0 aliphatic rings. The molecule has 0 fully saturated rings. The number of aryl methyl sites for hydroxylation is 1. The Morgan fingerprint density at radius 2 is 1.77 bits per heavy atom. The molecular formula is C18H14FN3. The van der Waals surface area contributed by atoms with Crippen molar-refractivity contribution in [3.05, 3.63) is 66.6 Å². The fourth-order valence-corrected chi connectivity index (χ4v) is 2.82. The van der Waals surface area contributed by atoms with E-state index in [1.165, 1.54) is 6.07 Å². The highest BCUT2D eigenvalue weighted by Crippen LogP contribution is 2.31. The summed E-state index contributed by atoms with van der Waals surface area (Å²) in [4.78, 5) is 0. The second-order valence-electron chi connectivity index (χ2n) is 5.32. The first-order valence-electron chi connectivity index (χ1n) is 7.09. The van der Waals surface area contributed by atoms with Gasteiger partial charge in [0.25, 0.3) is 0 Å². The third-order valence-electron chi connectivity index (χ3n) is 3.91. The molecule has 0 bridgehead atoms. The van der Waals surface area contributed by atoms with Crippen LogP contribution in [0.1, 0.15) is 0 Å². The van der Waals surface area contributed by atoms with E-state index in [4.69, 9.17) is 0 Å². The monoisotopic (exact) mass is 291 g/mol. The van der Waals surface area contributed by atoms with Crippen LogP contribution in [0.4, 0.5) is 4.39 Å². The number of aromatic amines is 1. The molecule has 108 valence electrons. The lowest BCUT2D eigenvalue weighted by Gasteiger charge is -1.97. The Hall–Kier alpha value is -2.88. The third kappa shape index (κ3) is 1.92. The SMILES string of the molecule is Cn1cc(-c2cc(-c3ccccc3F)[nH]n2)c2ccccc21. The number of halogens is 1. The second-order valence-corrected chi connectivity index (χ2v) is 5.32. The summed E-state index contributed by atoms with van der Waals surface area (Å²) in [6, 6.07) is 16.8. The molecule has 0 aliphatic heterocycles. The van der Waals surface area contributed by atoms with Crippen molar-refractivity contribution < 1.29 is 4.39 Å². The predicted molar refractivity (Wildman–Crippen MR) is 85.9 cm³/mol. The molecule has 0 saturated carbocycles. The number of benzene rings is 2. The summed E-state index contributed by atoms with van der Waals surface area (Å²) in [5.74, 6) is -0.254. The maximum atomic E-state index is 13.9. The maximum absolute atomic E-state index is 13.9. The van der Waals surface area contributed by atoms with E-state index in [9.17, 15) is 4.39 Å². The molecule has 1 N–H and O–H groups in total. The van der Waals surface area contributed by atoms with Crippen molar-refractivity contribution in [3.63, 3.8) is 0 Å². The van der Waals surface area contributed by atoms with Crippen molar-refractivity contribution in [2.45, 2.75) is 0 Å². The minimum Gasteiger partial charge on any atom is -0.350 e. The number of hydrogen-bond acceptors (Lipinski definition) is 1. The van der Waals surface area contributed by atoms with Gasteiger partial charge in [-0.15, -0.1) is 0 Å². The predicted octanol–water partition coefficient (Wildman–Crippen LogP) is 4.37. The molecule has 0 saturated heterocycles. The molecular weight excluding hydrogens is 277 g/mol. The van der Waals surface area contributed by atoms with Crippen molar-refractivity contribution in [3.8, 4) is 22.5 Å². The molecule has 22 heavy (non-hydrogen) atoms. The van der Waals surface area contributed by atoms with Crippen LogP contribution < -0.4 is 0 Å². The van der Waals surface area contributed by atoms with Crippen molar-refractivity contribution in [2.24, 2.45) is 7.05 Å². The molecule has 2 aromatic heterocycles. The van der Waals surface area contributed by atoms with Gasteiger partial charge in [0.1, 0.15) is 5.82 Å². The number of nitrogens with zero attached hydrogens (tertiary/aromatic N) is 2. The Morgan fingerprint density at radius 3 is 2.64 bits per heavy atom. The van der Waals surface area contributed by atoms with Crippen molar-refractivity contribution in [1.29, 1.82) is 0 Å². The number of hydrogen-bond donors (Lipinski definition) is 1. The number of aromatic nitrogens is 3. The van der Waals surface area contributed by atoms with Crippen molar-refractivity contribution in [1.82, 2.24) is 14.8 Å². The summed E-state index contributed by atoms with van der Waals surface area (Å²) < 4.78 is 16.0. The number of para-hydroxylation sites is 1. The summed E-state index contributed by atoms with van der Waals surface area (Å²) in [6.45, 7) is 0. The molecule has 4 rings (SSSR count). The van der Waals surface area contributed by atoms with Crippen LogP contribution in [0.25, 0.3) is 33.4 Å². The number of rotatable bonds is 2. The van der Waals surface area contributed by atoms with E-state index in [1.807, 2.05) is 37.5 Å². The van der Waals surface area contributed by atoms with Crippen LogP contribution in [0, 0.1) is 5.82 Å². The van der Waals surface area contributed by atoms with Gasteiger partial charge in [-0.3, -0.25) is 5.10 Å². The molecule has 0 aliphatic carbocycles. The summed E-state index contributed by atoms with van der Waals surface area (Å²) in [5.41, 5.74) is 4.21. The first-order chi connectivity index (χ1) is 10.7. The third-order valence-corrected chi connectivity index (χ3v) is 3.91. The van der Waals surface area contributed by atoms with Gasteiger partial charge in [0, 0.05) is 35.3 Å². The van der Waals surface area contributed by atoms with E-state index in [0.29, 0.717) is 11.3 Å². The van der Waals surface area contributed by atoms with Crippen LogP contribution in [0.3, 0.4) is 0 Å². The van der Waals surface area contributed by atoms with Crippen LogP contribution in [0.2, 0.25) is 0 Å². The summed E-state index contributed by atoms with van der Waals surface area (Å²) in [7, 11) is 2.01. The Bertz CT molecular complexity index is 965. The standard InChI is InChI=1S/C18H14FN3/c1-22-11-14(12-6-3-5-9-18(12)22)17-10-16(20-21-17)13-7-2-4-8-15(13)19/h2-11H,1H3,(H,20,21). The highest BCUT2D eigenvalue weighted by molar-refractivity contribution is 5.95. The molecule has 0 spiro atoms. The molecule has 0 unspecified atom stereocenters. The lowest BCUT2D eigenvalue weighted by Crippen LogP contribution is -1.82. The molecule has 2 aromatic carbocycles. The van der Waals surface area contributed by atoms with E-state index < -0.39 is 0 Å². The first kappa shape index (κ1) is 12.8.